The van der Waals surface area contributed by atoms with Crippen molar-refractivity contribution in [2.45, 2.75) is 58.9 Å². The summed E-state index contributed by atoms with van der Waals surface area (Å²) >= 11 is 0. The predicted octanol–water partition coefficient (Wildman–Crippen LogP) is 2.10. The van der Waals surface area contributed by atoms with Crippen LogP contribution in [0.25, 0.3) is 0 Å². The van der Waals surface area contributed by atoms with Crippen molar-refractivity contribution in [2.75, 3.05) is 18.4 Å². The molecule has 3 rings (SSSR count). The van der Waals surface area contributed by atoms with Gasteiger partial charge in [-0.2, -0.15) is 0 Å². The standard InChI is InChI=1S/C20H30N4O4/c1-12(2)8-16-10-15(11-18(25)21-16)20(27)24-6-4-14(5-7-24)19(26)22-17-9-13(3)28-23-17/h9,12,14-16H,4-8,10-11H2,1-3H3,(H,21,25)(H,22,23,26). The van der Waals surface area contributed by atoms with Gasteiger partial charge in [0.2, 0.25) is 17.7 Å². The molecule has 0 aliphatic carbocycles. The molecule has 3 amide bonds. The van der Waals surface area contributed by atoms with Crippen LogP contribution in [0.15, 0.2) is 10.6 Å². The lowest BCUT2D eigenvalue weighted by Gasteiger charge is -2.36. The largest absolute Gasteiger partial charge is 0.360 e. The quantitative estimate of drug-likeness (QED) is 0.801. The first-order valence-corrected chi connectivity index (χ1v) is 10.1. The molecule has 2 N–H and O–H groups in total. The molecule has 0 aromatic carbocycles. The van der Waals surface area contributed by atoms with Gasteiger partial charge in [0.15, 0.2) is 5.82 Å². The zero-order valence-corrected chi connectivity index (χ0v) is 16.9. The Kier molecular flexibility index (Phi) is 6.36. The third-order valence-corrected chi connectivity index (χ3v) is 5.53. The van der Waals surface area contributed by atoms with Gasteiger partial charge in [-0.1, -0.05) is 19.0 Å². The Bertz CT molecular complexity index is 722. The number of nitrogens with zero attached hydrogens (tertiary/aromatic N) is 2. The summed E-state index contributed by atoms with van der Waals surface area (Å²) in [5, 5.41) is 9.56. The summed E-state index contributed by atoms with van der Waals surface area (Å²) in [5.74, 6) is 1.07. The molecule has 2 fully saturated rings. The summed E-state index contributed by atoms with van der Waals surface area (Å²) in [5.41, 5.74) is 0. The first kappa shape index (κ1) is 20.4. The molecule has 1 aromatic heterocycles. The highest BCUT2D eigenvalue weighted by atomic mass is 16.5. The molecule has 8 nitrogen and oxygen atoms in total. The summed E-state index contributed by atoms with van der Waals surface area (Å²) in [6, 6.07) is 1.75. The number of carbonyl (C=O) groups excluding carboxylic acids is 3. The number of amides is 3. The van der Waals surface area contributed by atoms with E-state index < -0.39 is 0 Å². The molecule has 8 heteroatoms. The van der Waals surface area contributed by atoms with Crippen LogP contribution < -0.4 is 10.6 Å². The number of rotatable bonds is 5. The third kappa shape index (κ3) is 5.11. The van der Waals surface area contributed by atoms with Gasteiger partial charge in [0.05, 0.1) is 0 Å². The van der Waals surface area contributed by atoms with E-state index in [0.717, 1.165) is 6.42 Å². The van der Waals surface area contributed by atoms with Gasteiger partial charge < -0.3 is 20.1 Å². The van der Waals surface area contributed by atoms with Crippen molar-refractivity contribution < 1.29 is 18.9 Å². The number of piperidine rings is 2. The normalized spacial score (nSPS) is 23.6. The number of hydrogen-bond acceptors (Lipinski definition) is 5. The van der Waals surface area contributed by atoms with Gasteiger partial charge in [0, 0.05) is 43.5 Å². The van der Waals surface area contributed by atoms with Crippen molar-refractivity contribution in [2.24, 2.45) is 17.8 Å². The highest BCUT2D eigenvalue weighted by molar-refractivity contribution is 5.92. The molecule has 2 aliphatic rings. The second-order valence-corrected chi connectivity index (χ2v) is 8.44. The zero-order chi connectivity index (χ0) is 20.3. The zero-order valence-electron chi connectivity index (χ0n) is 16.9. The van der Waals surface area contributed by atoms with Crippen LogP contribution >= 0.6 is 0 Å². The summed E-state index contributed by atoms with van der Waals surface area (Å²) in [6.45, 7) is 7.09. The van der Waals surface area contributed by atoms with Gasteiger partial charge >= 0.3 is 0 Å². The van der Waals surface area contributed by atoms with E-state index in [0.29, 0.717) is 49.8 Å². The van der Waals surface area contributed by atoms with Crippen LogP contribution in [0.4, 0.5) is 5.82 Å². The predicted molar refractivity (Wildman–Crippen MR) is 103 cm³/mol. The number of hydrogen-bond donors (Lipinski definition) is 2. The van der Waals surface area contributed by atoms with Gasteiger partial charge in [0.1, 0.15) is 5.76 Å². The van der Waals surface area contributed by atoms with Crippen molar-refractivity contribution in [1.82, 2.24) is 15.4 Å². The molecule has 1 aromatic rings. The van der Waals surface area contributed by atoms with Crippen LogP contribution in [0.3, 0.4) is 0 Å². The van der Waals surface area contributed by atoms with Crippen LogP contribution in [0.2, 0.25) is 0 Å². The van der Waals surface area contributed by atoms with Crippen molar-refractivity contribution in [3.05, 3.63) is 11.8 Å². The number of carbonyl (C=O) groups is 3. The maximum absolute atomic E-state index is 12.9. The number of nitrogens with one attached hydrogen (secondary N) is 2. The van der Waals surface area contributed by atoms with Crippen molar-refractivity contribution in [1.29, 1.82) is 0 Å². The Labute approximate surface area is 165 Å². The Morgan fingerprint density at radius 1 is 1.32 bits per heavy atom. The second kappa shape index (κ2) is 8.75. The smallest absolute Gasteiger partial charge is 0.228 e. The minimum absolute atomic E-state index is 0.0348. The lowest BCUT2D eigenvalue weighted by atomic mass is 9.86. The van der Waals surface area contributed by atoms with Crippen molar-refractivity contribution in [3.8, 4) is 0 Å². The number of likely N-dealkylation sites (tertiary alicyclic amines) is 1. The number of anilines is 1. The first-order chi connectivity index (χ1) is 13.3. The first-order valence-electron chi connectivity index (χ1n) is 10.1. The second-order valence-electron chi connectivity index (χ2n) is 8.44. The Hall–Kier alpha value is -2.38. The molecule has 2 unspecified atom stereocenters. The topological polar surface area (TPSA) is 105 Å². The minimum atomic E-state index is -0.249. The average Bonchev–Trinajstić information content (AvgIpc) is 3.05. The number of aromatic nitrogens is 1. The molecule has 2 aliphatic heterocycles. The Morgan fingerprint density at radius 2 is 2.04 bits per heavy atom. The average molecular weight is 390 g/mol. The summed E-state index contributed by atoms with van der Waals surface area (Å²) < 4.78 is 4.96. The van der Waals surface area contributed by atoms with Crippen LogP contribution in [0.1, 0.15) is 51.7 Å². The molecule has 0 bridgehead atoms. The molecular weight excluding hydrogens is 360 g/mol. The SMILES string of the molecule is Cc1cc(NC(=O)C2CCN(C(=O)C3CC(=O)NC(CC(C)C)C3)CC2)no1. The fourth-order valence-corrected chi connectivity index (χ4v) is 4.18. The van der Waals surface area contributed by atoms with E-state index in [9.17, 15) is 14.4 Å². The van der Waals surface area contributed by atoms with E-state index in [2.05, 4.69) is 29.6 Å². The molecular formula is C20H30N4O4. The van der Waals surface area contributed by atoms with Gasteiger partial charge in [-0.25, -0.2) is 0 Å². The maximum Gasteiger partial charge on any atom is 0.228 e. The van der Waals surface area contributed by atoms with E-state index in [1.165, 1.54) is 0 Å². The van der Waals surface area contributed by atoms with Crippen LogP contribution in [-0.2, 0) is 14.4 Å². The van der Waals surface area contributed by atoms with Gasteiger partial charge in [-0.05, 0) is 38.5 Å². The van der Waals surface area contributed by atoms with Crippen molar-refractivity contribution in [3.63, 3.8) is 0 Å². The minimum Gasteiger partial charge on any atom is -0.360 e. The summed E-state index contributed by atoms with van der Waals surface area (Å²) in [7, 11) is 0. The highest BCUT2D eigenvalue weighted by Crippen LogP contribution is 2.26. The van der Waals surface area contributed by atoms with Gasteiger partial charge in [-0.3, -0.25) is 14.4 Å². The van der Waals surface area contributed by atoms with E-state index in [1.54, 1.807) is 13.0 Å². The molecule has 28 heavy (non-hydrogen) atoms. The van der Waals surface area contributed by atoms with E-state index >= 15 is 0 Å². The van der Waals surface area contributed by atoms with Gasteiger partial charge in [0.25, 0.3) is 0 Å². The number of aryl methyl sites for hydroxylation is 1. The van der Waals surface area contributed by atoms with E-state index in [1.807, 2.05) is 4.90 Å². The molecule has 2 atom stereocenters. The third-order valence-electron chi connectivity index (χ3n) is 5.53. The fraction of sp³-hybridized carbons (Fsp3) is 0.700. The summed E-state index contributed by atoms with van der Waals surface area (Å²) in [4.78, 5) is 39.2. The van der Waals surface area contributed by atoms with E-state index in [-0.39, 0.29) is 42.0 Å². The molecule has 154 valence electrons. The molecule has 3 heterocycles. The monoisotopic (exact) mass is 390 g/mol. The van der Waals surface area contributed by atoms with Crippen molar-refractivity contribution >= 4 is 23.5 Å². The van der Waals surface area contributed by atoms with Crippen LogP contribution in [0.5, 0.6) is 0 Å². The lowest BCUT2D eigenvalue weighted by molar-refractivity contribution is -0.143. The maximum atomic E-state index is 12.9. The molecule has 0 radical (unpaired) electrons. The molecule has 2 saturated heterocycles. The van der Waals surface area contributed by atoms with Crippen LogP contribution in [0, 0.1) is 24.7 Å². The van der Waals surface area contributed by atoms with Gasteiger partial charge in [-0.15, -0.1) is 0 Å². The van der Waals surface area contributed by atoms with Crippen LogP contribution in [-0.4, -0.2) is 46.9 Å². The Balaban J connectivity index is 1.50. The molecule has 0 spiro atoms. The molecule has 0 saturated carbocycles. The van der Waals surface area contributed by atoms with E-state index in [4.69, 9.17) is 4.52 Å². The lowest BCUT2D eigenvalue weighted by Crippen LogP contribution is -2.50. The highest BCUT2D eigenvalue weighted by Gasteiger charge is 2.36. The Morgan fingerprint density at radius 3 is 2.64 bits per heavy atom. The fourth-order valence-electron chi connectivity index (χ4n) is 4.18. The summed E-state index contributed by atoms with van der Waals surface area (Å²) in [6.07, 6.45) is 3.08.